The Balaban J connectivity index is 2.16. The second-order valence-corrected chi connectivity index (χ2v) is 5.65. The highest BCUT2D eigenvalue weighted by molar-refractivity contribution is 6.01. The van der Waals surface area contributed by atoms with Gasteiger partial charge in [-0.25, -0.2) is 0 Å². The van der Waals surface area contributed by atoms with Gasteiger partial charge in [-0.15, -0.1) is 0 Å². The Hall–Kier alpha value is -2.33. The van der Waals surface area contributed by atoms with E-state index in [2.05, 4.69) is 17.0 Å². The Bertz CT molecular complexity index is 656. The number of hydrogen-bond donors (Lipinski definition) is 1. The zero-order chi connectivity index (χ0) is 16.8. The normalized spacial score (nSPS) is 12.2. The van der Waals surface area contributed by atoms with E-state index in [1.165, 1.54) is 5.56 Å². The zero-order valence-corrected chi connectivity index (χ0v) is 14.0. The van der Waals surface area contributed by atoms with Crippen LogP contribution in [-0.2, 0) is 6.54 Å². The van der Waals surface area contributed by atoms with E-state index in [0.717, 1.165) is 13.0 Å². The van der Waals surface area contributed by atoms with Crippen LogP contribution in [0.3, 0.4) is 0 Å². The zero-order valence-electron chi connectivity index (χ0n) is 14.0. The van der Waals surface area contributed by atoms with Crippen LogP contribution in [0.5, 0.6) is 5.75 Å². The van der Waals surface area contributed by atoms with Gasteiger partial charge in [-0.05, 0) is 37.2 Å². The molecule has 0 spiro atoms. The minimum absolute atomic E-state index is 0.0836. The van der Waals surface area contributed by atoms with Crippen molar-refractivity contribution in [2.24, 2.45) is 0 Å². The Morgan fingerprint density at radius 2 is 1.91 bits per heavy atom. The second kappa shape index (κ2) is 7.79. The van der Waals surface area contributed by atoms with Crippen molar-refractivity contribution in [3.05, 3.63) is 59.7 Å². The van der Waals surface area contributed by atoms with Crippen molar-refractivity contribution in [2.75, 3.05) is 19.9 Å². The molecule has 1 unspecified atom stereocenters. The topological polar surface area (TPSA) is 55.6 Å². The van der Waals surface area contributed by atoms with E-state index in [4.69, 9.17) is 10.5 Å². The predicted octanol–water partition coefficient (Wildman–Crippen LogP) is 3.37. The first-order valence-corrected chi connectivity index (χ1v) is 7.78. The molecule has 0 aliphatic rings. The molecule has 1 atom stereocenters. The molecule has 4 heteroatoms. The fourth-order valence-electron chi connectivity index (χ4n) is 2.76. The fraction of sp³-hybridized carbons (Fsp3) is 0.316. The lowest BCUT2D eigenvalue weighted by Gasteiger charge is -2.26. The third kappa shape index (κ3) is 4.11. The fourth-order valence-corrected chi connectivity index (χ4v) is 2.76. The van der Waals surface area contributed by atoms with Gasteiger partial charge < -0.3 is 10.5 Å². The molecule has 0 aromatic heterocycles. The molecule has 0 amide bonds. The first kappa shape index (κ1) is 17.0. The first-order chi connectivity index (χ1) is 11.1. The molecule has 0 heterocycles. The summed E-state index contributed by atoms with van der Waals surface area (Å²) in [6.45, 7) is 2.76. The molecular weight excluding hydrogens is 288 g/mol. The van der Waals surface area contributed by atoms with Crippen LogP contribution in [0.25, 0.3) is 0 Å². The number of rotatable bonds is 7. The van der Waals surface area contributed by atoms with E-state index in [-0.39, 0.29) is 11.8 Å². The van der Waals surface area contributed by atoms with Crippen LogP contribution in [-0.4, -0.2) is 30.9 Å². The molecule has 0 saturated carbocycles. The first-order valence-electron chi connectivity index (χ1n) is 7.78. The summed E-state index contributed by atoms with van der Waals surface area (Å²) in [5.74, 6) is 0.674. The lowest BCUT2D eigenvalue weighted by atomic mass is 9.99. The average Bonchev–Trinajstić information content (AvgIpc) is 2.56. The SMILES string of the molecule is CCC(C(=O)c1ccc(OC)c(N)c1)N(C)Cc1ccccc1. The highest BCUT2D eigenvalue weighted by Crippen LogP contribution is 2.24. The maximum Gasteiger partial charge on any atom is 0.180 e. The molecule has 122 valence electrons. The summed E-state index contributed by atoms with van der Waals surface area (Å²) in [6.07, 6.45) is 0.744. The molecule has 23 heavy (non-hydrogen) atoms. The Labute approximate surface area is 137 Å². The van der Waals surface area contributed by atoms with Gasteiger partial charge in [0, 0.05) is 12.1 Å². The molecular formula is C19H24N2O2. The van der Waals surface area contributed by atoms with Crippen molar-refractivity contribution < 1.29 is 9.53 Å². The van der Waals surface area contributed by atoms with Gasteiger partial charge in [0.25, 0.3) is 0 Å². The number of carbonyl (C=O) groups is 1. The highest BCUT2D eigenvalue weighted by Gasteiger charge is 2.23. The number of nitrogen functional groups attached to an aromatic ring is 1. The highest BCUT2D eigenvalue weighted by atomic mass is 16.5. The lowest BCUT2D eigenvalue weighted by Crippen LogP contribution is -2.37. The van der Waals surface area contributed by atoms with Crippen molar-refractivity contribution in [3.63, 3.8) is 0 Å². The molecule has 0 bridgehead atoms. The summed E-state index contributed by atoms with van der Waals surface area (Å²) in [5, 5.41) is 0. The standard InChI is InChI=1S/C19H24N2O2/c1-4-17(21(2)13-14-8-6-5-7-9-14)19(22)15-10-11-18(23-3)16(20)12-15/h5-12,17H,4,13,20H2,1-3H3. The molecule has 0 aliphatic heterocycles. The smallest absolute Gasteiger partial charge is 0.180 e. The molecule has 2 N–H and O–H groups in total. The summed E-state index contributed by atoms with van der Waals surface area (Å²) in [5.41, 5.74) is 8.22. The number of likely N-dealkylation sites (N-methyl/N-ethyl adjacent to an activating group) is 1. The van der Waals surface area contributed by atoms with E-state index < -0.39 is 0 Å². The number of carbonyl (C=O) groups excluding carboxylic acids is 1. The summed E-state index contributed by atoms with van der Waals surface area (Å²) in [4.78, 5) is 14.9. The van der Waals surface area contributed by atoms with Crippen LogP contribution in [0.1, 0.15) is 29.3 Å². The maximum absolute atomic E-state index is 12.8. The third-order valence-electron chi connectivity index (χ3n) is 4.01. The minimum Gasteiger partial charge on any atom is -0.495 e. The van der Waals surface area contributed by atoms with E-state index in [1.807, 2.05) is 32.2 Å². The van der Waals surface area contributed by atoms with Gasteiger partial charge in [-0.2, -0.15) is 0 Å². The van der Waals surface area contributed by atoms with Crippen molar-refractivity contribution in [1.82, 2.24) is 4.90 Å². The molecule has 0 fully saturated rings. The Kier molecular flexibility index (Phi) is 5.77. The van der Waals surface area contributed by atoms with Gasteiger partial charge in [0.05, 0.1) is 18.8 Å². The average molecular weight is 312 g/mol. The summed E-state index contributed by atoms with van der Waals surface area (Å²) in [6, 6.07) is 15.2. The Morgan fingerprint density at radius 1 is 1.22 bits per heavy atom. The van der Waals surface area contributed by atoms with Crippen LogP contribution >= 0.6 is 0 Å². The van der Waals surface area contributed by atoms with Gasteiger partial charge in [-0.3, -0.25) is 9.69 Å². The molecule has 4 nitrogen and oxygen atoms in total. The lowest BCUT2D eigenvalue weighted by molar-refractivity contribution is 0.0838. The quantitative estimate of drug-likeness (QED) is 0.629. The van der Waals surface area contributed by atoms with E-state index in [0.29, 0.717) is 17.0 Å². The number of ether oxygens (including phenoxy) is 1. The van der Waals surface area contributed by atoms with E-state index in [1.54, 1.807) is 25.3 Å². The number of nitrogens with zero attached hydrogens (tertiary/aromatic N) is 1. The third-order valence-corrected chi connectivity index (χ3v) is 4.01. The molecule has 2 aromatic rings. The van der Waals surface area contributed by atoms with Gasteiger partial charge in [-0.1, -0.05) is 37.3 Å². The van der Waals surface area contributed by atoms with Crippen molar-refractivity contribution in [2.45, 2.75) is 25.9 Å². The molecule has 2 rings (SSSR count). The molecule has 0 aliphatic carbocycles. The van der Waals surface area contributed by atoms with Crippen LogP contribution < -0.4 is 10.5 Å². The maximum atomic E-state index is 12.8. The van der Waals surface area contributed by atoms with Gasteiger partial charge in [0.15, 0.2) is 5.78 Å². The Morgan fingerprint density at radius 3 is 2.48 bits per heavy atom. The number of anilines is 1. The van der Waals surface area contributed by atoms with Crippen LogP contribution in [0.2, 0.25) is 0 Å². The number of nitrogens with two attached hydrogens (primary N) is 1. The van der Waals surface area contributed by atoms with Gasteiger partial charge in [0.2, 0.25) is 0 Å². The van der Waals surface area contributed by atoms with Crippen LogP contribution in [0, 0.1) is 0 Å². The second-order valence-electron chi connectivity index (χ2n) is 5.65. The molecule has 2 aromatic carbocycles. The predicted molar refractivity (Wildman–Crippen MR) is 93.7 cm³/mol. The molecule has 0 radical (unpaired) electrons. The van der Waals surface area contributed by atoms with Crippen molar-refractivity contribution >= 4 is 11.5 Å². The van der Waals surface area contributed by atoms with Gasteiger partial charge in [0.1, 0.15) is 5.75 Å². The van der Waals surface area contributed by atoms with E-state index in [9.17, 15) is 4.79 Å². The molecule has 0 saturated heterocycles. The van der Waals surface area contributed by atoms with Gasteiger partial charge >= 0.3 is 0 Å². The summed E-state index contributed by atoms with van der Waals surface area (Å²) < 4.78 is 5.15. The van der Waals surface area contributed by atoms with Crippen molar-refractivity contribution in [1.29, 1.82) is 0 Å². The number of ketones is 1. The largest absolute Gasteiger partial charge is 0.495 e. The number of hydrogen-bond acceptors (Lipinski definition) is 4. The number of methoxy groups -OCH3 is 1. The minimum atomic E-state index is -0.178. The monoisotopic (exact) mass is 312 g/mol. The number of benzene rings is 2. The van der Waals surface area contributed by atoms with Crippen molar-refractivity contribution in [3.8, 4) is 5.75 Å². The van der Waals surface area contributed by atoms with Crippen LogP contribution in [0.4, 0.5) is 5.69 Å². The summed E-state index contributed by atoms with van der Waals surface area (Å²) >= 11 is 0. The number of Topliss-reactive ketones (excluding diaryl/α,β-unsaturated/α-hetero) is 1. The summed E-state index contributed by atoms with van der Waals surface area (Å²) in [7, 11) is 3.54. The van der Waals surface area contributed by atoms with E-state index >= 15 is 0 Å². The van der Waals surface area contributed by atoms with Crippen LogP contribution in [0.15, 0.2) is 48.5 Å².